The summed E-state index contributed by atoms with van der Waals surface area (Å²) >= 11 is 0. The van der Waals surface area contributed by atoms with Gasteiger partial charge in [-0.15, -0.1) is 5.11 Å². The largest absolute Gasteiger partial charge is 0.493 e. The number of hydrogen-bond acceptors (Lipinski definition) is 3. The second-order valence-corrected chi connectivity index (χ2v) is 4.52. The zero-order valence-electron chi connectivity index (χ0n) is 10.8. The molecule has 0 atom stereocenters. The summed E-state index contributed by atoms with van der Waals surface area (Å²) in [7, 11) is 0. The Labute approximate surface area is 114 Å². The molecular formula is C15H12FN3O. The average Bonchev–Trinajstić information content (AvgIpc) is 2.76. The molecule has 0 aliphatic rings. The van der Waals surface area contributed by atoms with Crippen LogP contribution in [0.15, 0.2) is 52.7 Å². The van der Waals surface area contributed by atoms with Crippen LogP contribution in [0.3, 0.4) is 0 Å². The maximum Gasteiger partial charge on any atom is 0.218 e. The number of azo groups is 1. The molecule has 3 rings (SSSR count). The van der Waals surface area contributed by atoms with Gasteiger partial charge in [0, 0.05) is 5.39 Å². The highest BCUT2D eigenvalue weighted by molar-refractivity contribution is 5.94. The number of aryl methyl sites for hydroxylation is 1. The van der Waals surface area contributed by atoms with Crippen molar-refractivity contribution in [2.45, 2.75) is 6.92 Å². The van der Waals surface area contributed by atoms with Crippen molar-refractivity contribution in [2.75, 3.05) is 0 Å². The van der Waals surface area contributed by atoms with Gasteiger partial charge >= 0.3 is 0 Å². The predicted octanol–water partition coefficient (Wildman–Crippen LogP) is 4.74. The Morgan fingerprint density at radius 1 is 1.05 bits per heavy atom. The van der Waals surface area contributed by atoms with E-state index in [0.29, 0.717) is 11.1 Å². The lowest BCUT2D eigenvalue weighted by Crippen LogP contribution is -1.74. The van der Waals surface area contributed by atoms with Crippen molar-refractivity contribution in [3.63, 3.8) is 0 Å². The van der Waals surface area contributed by atoms with Crippen LogP contribution >= 0.6 is 0 Å². The molecule has 0 aliphatic heterocycles. The third-order valence-electron chi connectivity index (χ3n) is 3.04. The van der Waals surface area contributed by atoms with Gasteiger partial charge in [-0.2, -0.15) is 5.11 Å². The van der Waals surface area contributed by atoms with E-state index in [1.807, 2.05) is 31.2 Å². The van der Waals surface area contributed by atoms with E-state index in [9.17, 15) is 9.50 Å². The molecule has 0 fully saturated rings. The van der Waals surface area contributed by atoms with E-state index < -0.39 is 5.82 Å². The number of aromatic nitrogens is 1. The summed E-state index contributed by atoms with van der Waals surface area (Å²) in [5.74, 6) is -0.629. The molecule has 20 heavy (non-hydrogen) atoms. The molecule has 1 aromatic heterocycles. The van der Waals surface area contributed by atoms with Gasteiger partial charge in [0.2, 0.25) is 5.88 Å². The van der Waals surface area contributed by atoms with E-state index in [4.69, 9.17) is 0 Å². The van der Waals surface area contributed by atoms with E-state index in [-0.39, 0.29) is 17.1 Å². The number of aromatic hydroxyl groups is 1. The van der Waals surface area contributed by atoms with Crippen LogP contribution in [0.25, 0.3) is 10.9 Å². The van der Waals surface area contributed by atoms with Gasteiger partial charge < -0.3 is 10.1 Å². The highest BCUT2D eigenvalue weighted by atomic mass is 19.1. The number of benzene rings is 2. The van der Waals surface area contributed by atoms with Gasteiger partial charge in [0.1, 0.15) is 5.82 Å². The molecule has 0 amide bonds. The fourth-order valence-electron chi connectivity index (χ4n) is 1.97. The number of nitrogens with zero attached hydrogens (tertiary/aromatic N) is 2. The Balaban J connectivity index is 2.04. The SMILES string of the molecule is Cc1ccc(N=Nc2c(O)[nH]c3c(F)cccc23)cc1. The molecule has 1 heterocycles. The third kappa shape index (κ3) is 2.14. The number of para-hydroxylation sites is 1. The Kier molecular flexibility index (Phi) is 2.95. The first-order valence-electron chi connectivity index (χ1n) is 6.13. The molecule has 0 aliphatic carbocycles. The van der Waals surface area contributed by atoms with Crippen LogP contribution in [-0.2, 0) is 0 Å². The summed E-state index contributed by atoms with van der Waals surface area (Å²) in [6.07, 6.45) is 0. The molecule has 4 nitrogen and oxygen atoms in total. The summed E-state index contributed by atoms with van der Waals surface area (Å²) in [6, 6.07) is 12.1. The summed E-state index contributed by atoms with van der Waals surface area (Å²) < 4.78 is 13.6. The summed E-state index contributed by atoms with van der Waals surface area (Å²) in [6.45, 7) is 1.98. The second kappa shape index (κ2) is 4.77. The molecule has 0 bridgehead atoms. The Hall–Kier alpha value is -2.69. The Morgan fingerprint density at radius 3 is 2.55 bits per heavy atom. The maximum atomic E-state index is 13.6. The van der Waals surface area contributed by atoms with Gasteiger partial charge in [0.05, 0.1) is 11.2 Å². The number of halogens is 1. The van der Waals surface area contributed by atoms with E-state index in [1.54, 1.807) is 12.1 Å². The van der Waals surface area contributed by atoms with Gasteiger partial charge in [0.15, 0.2) is 5.69 Å². The van der Waals surface area contributed by atoms with Gasteiger partial charge in [-0.1, -0.05) is 29.8 Å². The van der Waals surface area contributed by atoms with Gasteiger partial charge in [-0.3, -0.25) is 0 Å². The topological polar surface area (TPSA) is 60.7 Å². The van der Waals surface area contributed by atoms with E-state index in [0.717, 1.165) is 5.56 Å². The highest BCUT2D eigenvalue weighted by Crippen LogP contribution is 2.37. The minimum absolute atomic E-state index is 0.194. The molecule has 0 radical (unpaired) electrons. The molecule has 0 unspecified atom stereocenters. The lowest BCUT2D eigenvalue weighted by atomic mass is 10.2. The van der Waals surface area contributed by atoms with Crippen molar-refractivity contribution in [3.05, 3.63) is 53.8 Å². The van der Waals surface area contributed by atoms with Crippen LogP contribution in [0.1, 0.15) is 5.56 Å². The second-order valence-electron chi connectivity index (χ2n) is 4.52. The number of nitrogens with one attached hydrogen (secondary N) is 1. The van der Waals surface area contributed by atoms with Crippen LogP contribution < -0.4 is 0 Å². The quantitative estimate of drug-likeness (QED) is 0.649. The van der Waals surface area contributed by atoms with E-state index in [2.05, 4.69) is 15.2 Å². The number of aromatic amines is 1. The van der Waals surface area contributed by atoms with Crippen molar-refractivity contribution >= 4 is 22.3 Å². The first kappa shape index (κ1) is 12.3. The average molecular weight is 269 g/mol. The van der Waals surface area contributed by atoms with Crippen molar-refractivity contribution in [3.8, 4) is 5.88 Å². The van der Waals surface area contributed by atoms with Crippen LogP contribution in [0.5, 0.6) is 5.88 Å². The van der Waals surface area contributed by atoms with Gasteiger partial charge in [0.25, 0.3) is 0 Å². The van der Waals surface area contributed by atoms with Crippen molar-refractivity contribution < 1.29 is 9.50 Å². The molecule has 0 saturated heterocycles. The molecular weight excluding hydrogens is 257 g/mol. The molecule has 2 N–H and O–H groups in total. The van der Waals surface area contributed by atoms with E-state index >= 15 is 0 Å². The summed E-state index contributed by atoms with van der Waals surface area (Å²) in [4.78, 5) is 2.57. The molecule has 0 saturated carbocycles. The number of hydrogen-bond donors (Lipinski definition) is 2. The lowest BCUT2D eigenvalue weighted by molar-refractivity contribution is 0.459. The van der Waals surface area contributed by atoms with Crippen molar-refractivity contribution in [2.24, 2.45) is 10.2 Å². The monoisotopic (exact) mass is 269 g/mol. The zero-order valence-corrected chi connectivity index (χ0v) is 10.8. The molecule has 0 spiro atoms. The number of fused-ring (bicyclic) bond motifs is 1. The lowest BCUT2D eigenvalue weighted by Gasteiger charge is -1.94. The van der Waals surface area contributed by atoms with Crippen LogP contribution in [-0.4, -0.2) is 10.1 Å². The molecule has 3 aromatic rings. The number of H-pyrrole nitrogens is 1. The Bertz CT molecular complexity index is 791. The smallest absolute Gasteiger partial charge is 0.218 e. The first-order valence-corrected chi connectivity index (χ1v) is 6.13. The first-order chi connectivity index (χ1) is 9.65. The van der Waals surface area contributed by atoms with E-state index in [1.165, 1.54) is 6.07 Å². The van der Waals surface area contributed by atoms with Crippen LogP contribution in [0.4, 0.5) is 15.8 Å². The fourth-order valence-corrected chi connectivity index (χ4v) is 1.97. The summed E-state index contributed by atoms with van der Waals surface area (Å²) in [5, 5.41) is 18.4. The highest BCUT2D eigenvalue weighted by Gasteiger charge is 2.12. The van der Waals surface area contributed by atoms with Gasteiger partial charge in [-0.25, -0.2) is 4.39 Å². The van der Waals surface area contributed by atoms with Gasteiger partial charge in [-0.05, 0) is 25.1 Å². The fraction of sp³-hybridized carbons (Fsp3) is 0.0667. The normalized spacial score (nSPS) is 11.5. The predicted molar refractivity (Wildman–Crippen MR) is 75.3 cm³/mol. The molecule has 5 heteroatoms. The third-order valence-corrected chi connectivity index (χ3v) is 3.04. The van der Waals surface area contributed by atoms with Crippen LogP contribution in [0, 0.1) is 12.7 Å². The van der Waals surface area contributed by atoms with Crippen molar-refractivity contribution in [1.82, 2.24) is 4.98 Å². The molecule has 100 valence electrons. The minimum Gasteiger partial charge on any atom is -0.493 e. The minimum atomic E-state index is -0.436. The van der Waals surface area contributed by atoms with Crippen molar-refractivity contribution in [1.29, 1.82) is 0 Å². The standard InChI is InChI=1S/C15H12FN3O/c1-9-5-7-10(8-6-9)18-19-14-11-3-2-4-12(16)13(11)17-15(14)20/h2-8,17,20H,1H3. The molecule has 2 aromatic carbocycles. The number of rotatable bonds is 2. The van der Waals surface area contributed by atoms with Crippen LogP contribution in [0.2, 0.25) is 0 Å². The maximum absolute atomic E-state index is 13.6. The zero-order chi connectivity index (χ0) is 14.1. The Morgan fingerprint density at radius 2 is 1.80 bits per heavy atom. The summed E-state index contributed by atoms with van der Waals surface area (Å²) in [5.41, 5.74) is 2.25.